The summed E-state index contributed by atoms with van der Waals surface area (Å²) in [5, 5.41) is 1.11. The molecule has 0 saturated carbocycles. The van der Waals surface area contributed by atoms with Gasteiger partial charge in [-0.05, 0) is 31.0 Å². The number of hydrogen-bond acceptors (Lipinski definition) is 1. The highest BCUT2D eigenvalue weighted by Crippen LogP contribution is 2.26. The van der Waals surface area contributed by atoms with E-state index in [1.807, 2.05) is 50.1 Å². The maximum absolute atomic E-state index is 12.3. The molecule has 0 saturated heterocycles. The smallest absolute Gasteiger partial charge is 0.254 e. The third-order valence-corrected chi connectivity index (χ3v) is 3.34. The first-order valence-corrected chi connectivity index (χ1v) is 6.69. The van der Waals surface area contributed by atoms with E-state index >= 15 is 0 Å². The van der Waals surface area contributed by atoms with Gasteiger partial charge in [0.2, 0.25) is 0 Å². The van der Waals surface area contributed by atoms with Crippen molar-refractivity contribution in [1.29, 1.82) is 0 Å². The van der Waals surface area contributed by atoms with Crippen LogP contribution in [0.4, 0.5) is 0 Å². The standard InChI is InChI=1S/C13H14N2O.C2H6/c1-2-15-7-6-9-8-14-11-5-3-4-10(12(9)11)13(15)16;1-2/h3-5,8,14H,2,6-7H2,1H3;1-2H3. The van der Waals surface area contributed by atoms with Gasteiger partial charge in [-0.15, -0.1) is 0 Å². The second-order valence-corrected chi connectivity index (χ2v) is 4.18. The predicted octanol–water partition coefficient (Wildman–Crippen LogP) is 3.21. The van der Waals surface area contributed by atoms with E-state index in [4.69, 9.17) is 0 Å². The number of nitrogens with one attached hydrogen (secondary N) is 1. The average molecular weight is 244 g/mol. The van der Waals surface area contributed by atoms with Gasteiger partial charge in [0.1, 0.15) is 0 Å². The van der Waals surface area contributed by atoms with Crippen molar-refractivity contribution in [3.8, 4) is 0 Å². The largest absolute Gasteiger partial charge is 0.361 e. The van der Waals surface area contributed by atoms with Gasteiger partial charge >= 0.3 is 0 Å². The highest BCUT2D eigenvalue weighted by Gasteiger charge is 2.22. The Balaban J connectivity index is 0.000000574. The van der Waals surface area contributed by atoms with E-state index in [1.165, 1.54) is 5.56 Å². The molecule has 0 radical (unpaired) electrons. The molecule has 1 aromatic carbocycles. The Morgan fingerprint density at radius 3 is 2.83 bits per heavy atom. The van der Waals surface area contributed by atoms with Crippen LogP contribution in [0.2, 0.25) is 0 Å². The SMILES string of the molecule is CC.CCN1CCc2c[nH]c3cccc(c23)C1=O. The van der Waals surface area contributed by atoms with Crippen LogP contribution in [0.5, 0.6) is 0 Å². The van der Waals surface area contributed by atoms with Crippen molar-refractivity contribution >= 4 is 16.8 Å². The second-order valence-electron chi connectivity index (χ2n) is 4.18. The number of likely N-dealkylation sites (N-methyl/N-ethyl adjacent to an activating group) is 1. The van der Waals surface area contributed by atoms with Gasteiger partial charge in [0.05, 0.1) is 0 Å². The maximum atomic E-state index is 12.3. The highest BCUT2D eigenvalue weighted by atomic mass is 16.2. The maximum Gasteiger partial charge on any atom is 0.254 e. The first-order valence-electron chi connectivity index (χ1n) is 6.69. The van der Waals surface area contributed by atoms with Crippen molar-refractivity contribution in [3.05, 3.63) is 35.5 Å². The number of carbonyl (C=O) groups is 1. The van der Waals surface area contributed by atoms with Gasteiger partial charge in [-0.3, -0.25) is 4.79 Å². The van der Waals surface area contributed by atoms with Gasteiger partial charge in [0, 0.05) is 35.8 Å². The Labute approximate surface area is 108 Å². The molecule has 18 heavy (non-hydrogen) atoms. The Kier molecular flexibility index (Phi) is 3.70. The topological polar surface area (TPSA) is 36.1 Å². The van der Waals surface area contributed by atoms with E-state index in [1.54, 1.807) is 0 Å². The predicted molar refractivity (Wildman–Crippen MR) is 74.9 cm³/mol. The fourth-order valence-corrected chi connectivity index (χ4v) is 2.46. The number of nitrogens with zero attached hydrogens (tertiary/aromatic N) is 1. The van der Waals surface area contributed by atoms with Crippen LogP contribution < -0.4 is 0 Å². The number of aromatic amines is 1. The van der Waals surface area contributed by atoms with E-state index in [0.29, 0.717) is 0 Å². The summed E-state index contributed by atoms with van der Waals surface area (Å²) in [5.41, 5.74) is 3.17. The van der Waals surface area contributed by atoms with Gasteiger partial charge in [-0.2, -0.15) is 0 Å². The first kappa shape index (κ1) is 12.7. The molecule has 0 spiro atoms. The first-order chi connectivity index (χ1) is 8.81. The van der Waals surface area contributed by atoms with Crippen LogP contribution in [0, 0.1) is 0 Å². The van der Waals surface area contributed by atoms with Crippen LogP contribution in [0.1, 0.15) is 36.7 Å². The third kappa shape index (κ3) is 1.90. The van der Waals surface area contributed by atoms with Crippen LogP contribution in [-0.4, -0.2) is 28.9 Å². The number of aromatic nitrogens is 1. The van der Waals surface area contributed by atoms with Crippen LogP contribution in [-0.2, 0) is 6.42 Å². The summed E-state index contributed by atoms with van der Waals surface area (Å²) in [4.78, 5) is 17.4. The molecular weight excluding hydrogens is 224 g/mol. The lowest BCUT2D eigenvalue weighted by Gasteiger charge is -2.18. The number of benzene rings is 1. The summed E-state index contributed by atoms with van der Waals surface area (Å²) < 4.78 is 0. The number of rotatable bonds is 1. The number of carbonyl (C=O) groups excluding carboxylic acids is 1. The van der Waals surface area contributed by atoms with Gasteiger partial charge in [-0.1, -0.05) is 19.9 Å². The fourth-order valence-electron chi connectivity index (χ4n) is 2.46. The van der Waals surface area contributed by atoms with Crippen molar-refractivity contribution in [3.63, 3.8) is 0 Å². The summed E-state index contributed by atoms with van der Waals surface area (Å²) >= 11 is 0. The Morgan fingerprint density at radius 2 is 2.11 bits per heavy atom. The minimum absolute atomic E-state index is 0.159. The molecule has 1 aliphatic heterocycles. The Morgan fingerprint density at radius 1 is 1.33 bits per heavy atom. The summed E-state index contributed by atoms with van der Waals surface area (Å²) in [5.74, 6) is 0.159. The molecule has 1 aromatic heterocycles. The van der Waals surface area contributed by atoms with Crippen molar-refractivity contribution in [2.75, 3.05) is 13.1 Å². The van der Waals surface area contributed by atoms with Gasteiger partial charge < -0.3 is 9.88 Å². The lowest BCUT2D eigenvalue weighted by Crippen LogP contribution is -2.31. The number of hydrogen-bond donors (Lipinski definition) is 1. The molecule has 2 heterocycles. The quantitative estimate of drug-likeness (QED) is 0.821. The molecule has 1 aliphatic rings. The van der Waals surface area contributed by atoms with Gasteiger partial charge in [-0.25, -0.2) is 0 Å². The van der Waals surface area contributed by atoms with Gasteiger partial charge in [0.25, 0.3) is 5.91 Å². The van der Waals surface area contributed by atoms with Crippen molar-refractivity contribution < 1.29 is 4.79 Å². The summed E-state index contributed by atoms with van der Waals surface area (Å²) in [6, 6.07) is 5.89. The average Bonchev–Trinajstić information content (AvgIpc) is 2.78. The molecule has 0 fully saturated rings. The summed E-state index contributed by atoms with van der Waals surface area (Å²) in [6.07, 6.45) is 2.97. The van der Waals surface area contributed by atoms with Gasteiger partial charge in [0.15, 0.2) is 0 Å². The normalized spacial score (nSPS) is 14.2. The second kappa shape index (κ2) is 5.25. The molecule has 96 valence electrons. The fraction of sp³-hybridized carbons (Fsp3) is 0.400. The molecule has 3 heteroatoms. The lowest BCUT2D eigenvalue weighted by molar-refractivity contribution is 0.0771. The molecule has 3 nitrogen and oxygen atoms in total. The molecule has 3 rings (SSSR count). The minimum Gasteiger partial charge on any atom is -0.361 e. The zero-order valence-corrected chi connectivity index (χ0v) is 11.3. The highest BCUT2D eigenvalue weighted by molar-refractivity contribution is 6.08. The minimum atomic E-state index is 0.159. The van der Waals surface area contributed by atoms with E-state index in [9.17, 15) is 4.79 Å². The molecule has 0 unspecified atom stereocenters. The van der Waals surface area contributed by atoms with E-state index in [0.717, 1.165) is 36.0 Å². The number of H-pyrrole nitrogens is 1. The summed E-state index contributed by atoms with van der Waals surface area (Å²) in [6.45, 7) is 7.63. The Bertz CT molecular complexity index is 557. The molecule has 0 aliphatic carbocycles. The monoisotopic (exact) mass is 244 g/mol. The molecule has 0 atom stereocenters. The number of amides is 1. The molecule has 2 aromatic rings. The molecule has 1 amide bonds. The van der Waals surface area contributed by atoms with Crippen LogP contribution >= 0.6 is 0 Å². The zero-order valence-electron chi connectivity index (χ0n) is 11.3. The zero-order chi connectivity index (χ0) is 13.1. The van der Waals surface area contributed by atoms with Crippen molar-refractivity contribution in [1.82, 2.24) is 9.88 Å². The summed E-state index contributed by atoms with van der Waals surface area (Å²) in [7, 11) is 0. The van der Waals surface area contributed by atoms with Crippen LogP contribution in [0.3, 0.4) is 0 Å². The molecule has 1 N–H and O–H groups in total. The van der Waals surface area contributed by atoms with Crippen LogP contribution in [0.25, 0.3) is 10.9 Å². The van der Waals surface area contributed by atoms with Crippen LogP contribution in [0.15, 0.2) is 24.4 Å². The van der Waals surface area contributed by atoms with Crippen molar-refractivity contribution in [2.45, 2.75) is 27.2 Å². The van der Waals surface area contributed by atoms with E-state index in [-0.39, 0.29) is 5.91 Å². The molecular formula is C15H20N2O. The lowest BCUT2D eigenvalue weighted by atomic mass is 10.1. The van der Waals surface area contributed by atoms with E-state index in [2.05, 4.69) is 4.98 Å². The van der Waals surface area contributed by atoms with E-state index < -0.39 is 0 Å². The van der Waals surface area contributed by atoms with Crippen molar-refractivity contribution in [2.24, 2.45) is 0 Å². The molecule has 0 bridgehead atoms. The Hall–Kier alpha value is -1.77. The third-order valence-electron chi connectivity index (χ3n) is 3.34.